The summed E-state index contributed by atoms with van der Waals surface area (Å²) in [4.78, 5) is 12.0. The largest absolute Gasteiger partial charge is 0.457 e. The Labute approximate surface area is 124 Å². The number of ether oxygens (including phenoxy) is 1. The summed E-state index contributed by atoms with van der Waals surface area (Å²) < 4.78 is 5.69. The van der Waals surface area contributed by atoms with Crippen LogP contribution in [0.25, 0.3) is 0 Å². The zero-order valence-electron chi connectivity index (χ0n) is 12.0. The average Bonchev–Trinajstić information content (AvgIpc) is 2.48. The number of carbonyl (C=O) groups excluding carboxylic acids is 1. The molecular weight excluding hydrogens is 266 g/mol. The molecule has 0 aliphatic carbocycles. The van der Waals surface area contributed by atoms with Crippen LogP contribution in [0.2, 0.25) is 0 Å². The molecule has 0 bridgehead atoms. The molecule has 2 aromatic carbocycles. The summed E-state index contributed by atoms with van der Waals surface area (Å²) in [5, 5.41) is 11.9. The molecule has 1 amide bonds. The fourth-order valence-electron chi connectivity index (χ4n) is 1.82. The van der Waals surface area contributed by atoms with Gasteiger partial charge in [-0.1, -0.05) is 24.3 Å². The molecule has 4 heteroatoms. The third-order valence-corrected chi connectivity index (χ3v) is 2.92. The van der Waals surface area contributed by atoms with Gasteiger partial charge in [0, 0.05) is 12.1 Å². The summed E-state index contributed by atoms with van der Waals surface area (Å²) in [6.07, 6.45) is 0.115. The zero-order valence-corrected chi connectivity index (χ0v) is 12.0. The number of benzene rings is 2. The number of hydrogen-bond acceptors (Lipinski definition) is 3. The highest BCUT2D eigenvalue weighted by Crippen LogP contribution is 2.21. The van der Waals surface area contributed by atoms with Gasteiger partial charge in [-0.15, -0.1) is 0 Å². The monoisotopic (exact) mass is 285 g/mol. The summed E-state index contributed by atoms with van der Waals surface area (Å²) in [6.45, 7) is 2.14. The number of aliphatic hydroxyl groups is 1. The lowest BCUT2D eigenvalue weighted by Gasteiger charge is -2.09. The van der Waals surface area contributed by atoms with E-state index in [-0.39, 0.29) is 5.91 Å². The summed E-state index contributed by atoms with van der Waals surface area (Å²) in [7, 11) is 0. The van der Waals surface area contributed by atoms with Gasteiger partial charge in [0.15, 0.2) is 0 Å². The molecule has 0 aliphatic heterocycles. The molecule has 0 spiro atoms. The SMILES string of the molecule is CC(O)CCNC(=O)c1cccc(Oc2ccccc2)c1. The zero-order chi connectivity index (χ0) is 15.1. The second-order valence-electron chi connectivity index (χ2n) is 4.84. The van der Waals surface area contributed by atoms with Gasteiger partial charge in [-0.2, -0.15) is 0 Å². The van der Waals surface area contributed by atoms with Crippen molar-refractivity contribution in [1.82, 2.24) is 5.32 Å². The second-order valence-corrected chi connectivity index (χ2v) is 4.84. The van der Waals surface area contributed by atoms with Crippen molar-refractivity contribution >= 4 is 5.91 Å². The van der Waals surface area contributed by atoms with Crippen LogP contribution in [-0.2, 0) is 0 Å². The minimum absolute atomic E-state index is 0.172. The van der Waals surface area contributed by atoms with E-state index in [0.717, 1.165) is 5.75 Å². The van der Waals surface area contributed by atoms with Crippen molar-refractivity contribution in [2.45, 2.75) is 19.4 Å². The van der Waals surface area contributed by atoms with Crippen molar-refractivity contribution < 1.29 is 14.6 Å². The molecule has 2 aromatic rings. The first kappa shape index (κ1) is 15.1. The topological polar surface area (TPSA) is 58.6 Å². The standard InChI is InChI=1S/C17H19NO3/c1-13(19)10-11-18-17(20)14-6-5-9-16(12-14)21-15-7-3-2-4-8-15/h2-9,12-13,19H,10-11H2,1H3,(H,18,20). The smallest absolute Gasteiger partial charge is 0.251 e. The van der Waals surface area contributed by atoms with E-state index >= 15 is 0 Å². The Morgan fingerprint density at radius 2 is 1.86 bits per heavy atom. The first-order valence-electron chi connectivity index (χ1n) is 6.94. The highest BCUT2D eigenvalue weighted by Gasteiger charge is 2.07. The molecule has 4 nitrogen and oxygen atoms in total. The van der Waals surface area contributed by atoms with E-state index in [1.54, 1.807) is 31.2 Å². The minimum Gasteiger partial charge on any atom is -0.457 e. The fraction of sp³-hybridized carbons (Fsp3) is 0.235. The molecule has 0 fully saturated rings. The van der Waals surface area contributed by atoms with E-state index in [1.165, 1.54) is 0 Å². The Morgan fingerprint density at radius 1 is 1.14 bits per heavy atom. The van der Waals surface area contributed by atoms with Crippen LogP contribution in [0.5, 0.6) is 11.5 Å². The van der Waals surface area contributed by atoms with Crippen LogP contribution in [0.4, 0.5) is 0 Å². The van der Waals surface area contributed by atoms with Crippen LogP contribution >= 0.6 is 0 Å². The fourth-order valence-corrected chi connectivity index (χ4v) is 1.82. The molecular formula is C17H19NO3. The van der Waals surface area contributed by atoms with Crippen LogP contribution in [-0.4, -0.2) is 23.7 Å². The van der Waals surface area contributed by atoms with Crippen LogP contribution < -0.4 is 10.1 Å². The van der Waals surface area contributed by atoms with E-state index in [9.17, 15) is 9.90 Å². The van der Waals surface area contributed by atoms with Crippen molar-refractivity contribution in [3.63, 3.8) is 0 Å². The number of para-hydroxylation sites is 1. The minimum atomic E-state index is -0.418. The first-order chi connectivity index (χ1) is 10.1. The molecule has 0 saturated heterocycles. The number of carbonyl (C=O) groups is 1. The Bertz CT molecular complexity index is 582. The van der Waals surface area contributed by atoms with Crippen LogP contribution in [0.15, 0.2) is 54.6 Å². The van der Waals surface area contributed by atoms with Gasteiger partial charge in [0.25, 0.3) is 5.91 Å². The van der Waals surface area contributed by atoms with Gasteiger partial charge in [-0.05, 0) is 43.7 Å². The van der Waals surface area contributed by atoms with Crippen LogP contribution in [0.1, 0.15) is 23.7 Å². The Hall–Kier alpha value is -2.33. The summed E-state index contributed by atoms with van der Waals surface area (Å²) in [5.41, 5.74) is 0.536. The van der Waals surface area contributed by atoms with Crippen molar-refractivity contribution in [3.05, 3.63) is 60.2 Å². The van der Waals surface area contributed by atoms with Crippen LogP contribution in [0.3, 0.4) is 0 Å². The Kier molecular flexibility index (Phi) is 5.35. The molecule has 0 radical (unpaired) electrons. The van der Waals surface area contributed by atoms with E-state index in [2.05, 4.69) is 5.32 Å². The third kappa shape index (κ3) is 4.93. The maximum Gasteiger partial charge on any atom is 0.251 e. The maximum atomic E-state index is 12.0. The van der Waals surface area contributed by atoms with Crippen LogP contribution in [0, 0.1) is 0 Å². The molecule has 110 valence electrons. The van der Waals surface area contributed by atoms with Gasteiger partial charge in [0.05, 0.1) is 6.10 Å². The molecule has 0 aromatic heterocycles. The number of rotatable bonds is 6. The van der Waals surface area contributed by atoms with E-state index in [0.29, 0.717) is 24.3 Å². The van der Waals surface area contributed by atoms with Gasteiger partial charge < -0.3 is 15.2 Å². The number of hydrogen-bond donors (Lipinski definition) is 2. The van der Waals surface area contributed by atoms with E-state index in [4.69, 9.17) is 4.74 Å². The second kappa shape index (κ2) is 7.45. The molecule has 0 heterocycles. The molecule has 1 atom stereocenters. The van der Waals surface area contributed by atoms with Crippen molar-refractivity contribution in [3.8, 4) is 11.5 Å². The predicted octanol–water partition coefficient (Wildman–Crippen LogP) is 2.98. The van der Waals surface area contributed by atoms with Crippen molar-refractivity contribution in [2.24, 2.45) is 0 Å². The van der Waals surface area contributed by atoms with Gasteiger partial charge in [-0.25, -0.2) is 0 Å². The first-order valence-corrected chi connectivity index (χ1v) is 6.94. The Morgan fingerprint density at radius 3 is 2.57 bits per heavy atom. The summed E-state index contributed by atoms with van der Waals surface area (Å²) >= 11 is 0. The highest BCUT2D eigenvalue weighted by atomic mass is 16.5. The average molecular weight is 285 g/mol. The quantitative estimate of drug-likeness (QED) is 0.858. The number of amides is 1. The van der Waals surface area contributed by atoms with Gasteiger partial charge >= 0.3 is 0 Å². The lowest BCUT2D eigenvalue weighted by molar-refractivity contribution is 0.0945. The molecule has 2 rings (SSSR count). The highest BCUT2D eigenvalue weighted by molar-refractivity contribution is 5.94. The van der Waals surface area contributed by atoms with Crippen molar-refractivity contribution in [1.29, 1.82) is 0 Å². The molecule has 2 N–H and O–H groups in total. The van der Waals surface area contributed by atoms with Gasteiger partial charge in [-0.3, -0.25) is 4.79 Å². The molecule has 21 heavy (non-hydrogen) atoms. The van der Waals surface area contributed by atoms with Crippen molar-refractivity contribution in [2.75, 3.05) is 6.54 Å². The number of nitrogens with one attached hydrogen (secondary N) is 1. The predicted molar refractivity (Wildman–Crippen MR) is 81.6 cm³/mol. The van der Waals surface area contributed by atoms with Gasteiger partial charge in [0.1, 0.15) is 11.5 Å². The maximum absolute atomic E-state index is 12.0. The van der Waals surface area contributed by atoms with Gasteiger partial charge in [0.2, 0.25) is 0 Å². The Balaban J connectivity index is 1.98. The summed E-state index contributed by atoms with van der Waals surface area (Å²) in [5.74, 6) is 1.17. The van der Waals surface area contributed by atoms with E-state index < -0.39 is 6.10 Å². The normalized spacial score (nSPS) is 11.7. The molecule has 0 aliphatic rings. The molecule has 0 saturated carbocycles. The van der Waals surface area contributed by atoms with E-state index in [1.807, 2.05) is 30.3 Å². The summed E-state index contributed by atoms with van der Waals surface area (Å²) in [6, 6.07) is 16.4. The number of aliphatic hydroxyl groups excluding tert-OH is 1. The molecule has 1 unspecified atom stereocenters. The lowest BCUT2D eigenvalue weighted by atomic mass is 10.2. The third-order valence-electron chi connectivity index (χ3n) is 2.92. The lowest BCUT2D eigenvalue weighted by Crippen LogP contribution is -2.26.